The number of H-pyrrole nitrogens is 1. The first-order valence-corrected chi connectivity index (χ1v) is 10.9. The van der Waals surface area contributed by atoms with E-state index in [-0.39, 0.29) is 16.5 Å². The summed E-state index contributed by atoms with van der Waals surface area (Å²) in [4.78, 5) is 12.1. The molecule has 0 spiro atoms. The number of aromatic amines is 1. The molecule has 1 aliphatic rings. The molecule has 3 rings (SSSR count). The number of aromatic nitrogens is 2. The van der Waals surface area contributed by atoms with Gasteiger partial charge in [-0.15, -0.1) is 0 Å². The molecule has 6 nitrogen and oxygen atoms in total. The first kappa shape index (κ1) is 19.8. The van der Waals surface area contributed by atoms with E-state index in [0.29, 0.717) is 23.8 Å². The Bertz CT molecular complexity index is 951. The van der Waals surface area contributed by atoms with Crippen molar-refractivity contribution in [1.82, 2.24) is 14.9 Å². The molecular weight excluding hydrogens is 362 g/mol. The summed E-state index contributed by atoms with van der Waals surface area (Å²) in [6.07, 6.45) is 3.52. The Kier molecular flexibility index (Phi) is 5.81. The number of nitrogens with zero attached hydrogens (tertiary/aromatic N) is 1. The van der Waals surface area contributed by atoms with Crippen molar-refractivity contribution in [3.63, 3.8) is 0 Å². The van der Waals surface area contributed by atoms with Crippen molar-refractivity contribution in [1.29, 1.82) is 0 Å². The van der Waals surface area contributed by atoms with Gasteiger partial charge in [-0.1, -0.05) is 38.8 Å². The zero-order valence-electron chi connectivity index (χ0n) is 16.0. The van der Waals surface area contributed by atoms with E-state index < -0.39 is 10.0 Å². The molecule has 0 aliphatic heterocycles. The van der Waals surface area contributed by atoms with Gasteiger partial charge >= 0.3 is 0 Å². The van der Waals surface area contributed by atoms with Crippen LogP contribution in [-0.4, -0.2) is 24.7 Å². The van der Waals surface area contributed by atoms with E-state index in [2.05, 4.69) is 28.8 Å². The van der Waals surface area contributed by atoms with E-state index in [1.807, 2.05) is 6.92 Å². The summed E-state index contributed by atoms with van der Waals surface area (Å²) < 4.78 is 28.4. The number of hydrogen-bond donors (Lipinski definition) is 2. The maximum atomic E-state index is 12.7. The van der Waals surface area contributed by atoms with Crippen LogP contribution >= 0.6 is 0 Å². The van der Waals surface area contributed by atoms with Gasteiger partial charge < -0.3 is 0 Å². The summed E-state index contributed by atoms with van der Waals surface area (Å²) in [6, 6.07) is 8.47. The molecule has 146 valence electrons. The largest absolute Gasteiger partial charge is 0.268 e. The number of sulfonamides is 1. The Balaban J connectivity index is 1.74. The fourth-order valence-electron chi connectivity index (χ4n) is 3.71. The average Bonchev–Trinajstić information content (AvgIpc) is 2.62. The predicted octanol–water partition coefficient (Wildman–Crippen LogP) is 2.77. The third-order valence-electron chi connectivity index (χ3n) is 5.65. The molecule has 27 heavy (non-hydrogen) atoms. The molecule has 1 aromatic carbocycles. The van der Waals surface area contributed by atoms with E-state index >= 15 is 0 Å². The van der Waals surface area contributed by atoms with E-state index in [4.69, 9.17) is 0 Å². The summed E-state index contributed by atoms with van der Waals surface area (Å²) in [5.74, 6) is 0.852. The Hall–Kier alpha value is -1.99. The molecule has 1 fully saturated rings. The van der Waals surface area contributed by atoms with Crippen molar-refractivity contribution in [3.8, 4) is 0 Å². The second-order valence-electron chi connectivity index (χ2n) is 7.68. The van der Waals surface area contributed by atoms with Crippen molar-refractivity contribution < 1.29 is 8.42 Å². The quantitative estimate of drug-likeness (QED) is 0.822. The minimum absolute atomic E-state index is 0.0169. The second-order valence-corrected chi connectivity index (χ2v) is 9.39. The zero-order chi connectivity index (χ0) is 19.6. The van der Waals surface area contributed by atoms with E-state index in [9.17, 15) is 13.2 Å². The van der Waals surface area contributed by atoms with Gasteiger partial charge in [-0.3, -0.25) is 4.79 Å². The van der Waals surface area contributed by atoms with Gasteiger partial charge in [0, 0.05) is 18.0 Å². The highest BCUT2D eigenvalue weighted by Gasteiger charge is 2.30. The molecule has 0 amide bonds. The van der Waals surface area contributed by atoms with Crippen LogP contribution in [0.1, 0.15) is 49.9 Å². The SMILES string of the molecule is Cc1cc(Cc2ccc(S(=O)(=O)N[C@@H]3CCC[C@H](C)[C@@H]3C)cc2)c(=O)[nH]n1. The van der Waals surface area contributed by atoms with Crippen LogP contribution in [0.15, 0.2) is 40.0 Å². The van der Waals surface area contributed by atoms with Crippen LogP contribution in [0.3, 0.4) is 0 Å². The van der Waals surface area contributed by atoms with Crippen LogP contribution < -0.4 is 10.3 Å². The molecule has 3 atom stereocenters. The van der Waals surface area contributed by atoms with E-state index in [0.717, 1.165) is 30.5 Å². The Morgan fingerprint density at radius 3 is 2.59 bits per heavy atom. The summed E-state index contributed by atoms with van der Waals surface area (Å²) in [5, 5.41) is 6.33. The van der Waals surface area contributed by atoms with Crippen molar-refractivity contribution in [2.45, 2.75) is 57.4 Å². The smallest absolute Gasteiger partial charge is 0.267 e. The lowest BCUT2D eigenvalue weighted by atomic mass is 9.78. The van der Waals surface area contributed by atoms with E-state index in [1.165, 1.54) is 0 Å². The fourth-order valence-corrected chi connectivity index (χ4v) is 5.08. The molecule has 1 aromatic heterocycles. The lowest BCUT2D eigenvalue weighted by Gasteiger charge is -2.34. The molecule has 0 saturated heterocycles. The number of hydrogen-bond acceptors (Lipinski definition) is 4. The fraction of sp³-hybridized carbons (Fsp3) is 0.500. The molecule has 7 heteroatoms. The van der Waals surface area contributed by atoms with Crippen LogP contribution in [0.4, 0.5) is 0 Å². The molecule has 1 saturated carbocycles. The highest BCUT2D eigenvalue weighted by Crippen LogP contribution is 2.30. The first-order chi connectivity index (χ1) is 12.8. The molecule has 0 unspecified atom stereocenters. The van der Waals surface area contributed by atoms with Gasteiger partial charge in [0.05, 0.1) is 10.6 Å². The minimum Gasteiger partial charge on any atom is -0.268 e. The second kappa shape index (κ2) is 7.94. The third kappa shape index (κ3) is 4.65. The Morgan fingerprint density at radius 1 is 1.19 bits per heavy atom. The molecule has 2 N–H and O–H groups in total. The van der Waals surface area contributed by atoms with Crippen molar-refractivity contribution in [2.24, 2.45) is 11.8 Å². The molecule has 0 bridgehead atoms. The monoisotopic (exact) mass is 389 g/mol. The van der Waals surface area contributed by atoms with Crippen molar-refractivity contribution in [2.75, 3.05) is 0 Å². The van der Waals surface area contributed by atoms with Crippen LogP contribution in [0.2, 0.25) is 0 Å². The zero-order valence-corrected chi connectivity index (χ0v) is 16.8. The maximum absolute atomic E-state index is 12.7. The van der Waals surface area contributed by atoms with Gasteiger partial charge in [-0.25, -0.2) is 18.2 Å². The molecule has 1 aliphatic carbocycles. The Morgan fingerprint density at radius 2 is 1.89 bits per heavy atom. The summed E-state index contributed by atoms with van der Waals surface area (Å²) in [6.45, 7) is 6.12. The van der Waals surface area contributed by atoms with Crippen molar-refractivity contribution >= 4 is 10.0 Å². The molecule has 2 aromatic rings. The number of rotatable bonds is 5. The Labute approximate surface area is 160 Å². The van der Waals surface area contributed by atoms with Gasteiger partial charge in [0.2, 0.25) is 10.0 Å². The minimum atomic E-state index is -3.55. The topological polar surface area (TPSA) is 91.9 Å². The number of benzene rings is 1. The van der Waals surface area contributed by atoms with Crippen molar-refractivity contribution in [3.05, 3.63) is 57.5 Å². The van der Waals surface area contributed by atoms with Gasteiger partial charge in [0.15, 0.2) is 0 Å². The summed E-state index contributed by atoms with van der Waals surface area (Å²) >= 11 is 0. The van der Waals surface area contributed by atoms with E-state index in [1.54, 1.807) is 30.3 Å². The highest BCUT2D eigenvalue weighted by atomic mass is 32.2. The molecular formula is C20H27N3O3S. The number of aryl methyl sites for hydroxylation is 1. The molecule has 1 heterocycles. The summed E-state index contributed by atoms with van der Waals surface area (Å²) in [5.41, 5.74) is 2.01. The van der Waals surface area contributed by atoms with Crippen LogP contribution in [-0.2, 0) is 16.4 Å². The van der Waals surface area contributed by atoms with Gasteiger partial charge in [-0.2, -0.15) is 5.10 Å². The van der Waals surface area contributed by atoms with Gasteiger partial charge in [-0.05, 0) is 48.9 Å². The molecule has 0 radical (unpaired) electrons. The third-order valence-corrected chi connectivity index (χ3v) is 7.16. The lowest BCUT2D eigenvalue weighted by molar-refractivity contribution is 0.227. The standard InChI is InChI=1S/C20H27N3O3S/c1-13-5-4-6-19(15(13)3)23-27(25,26)18-9-7-16(8-10-18)12-17-11-14(2)21-22-20(17)24/h7-11,13,15,19,23H,4-6,12H2,1-3H3,(H,22,24)/t13-,15-,19+/m0/s1. The normalized spacial score (nSPS) is 23.3. The maximum Gasteiger partial charge on any atom is 0.267 e. The predicted molar refractivity (Wildman–Crippen MR) is 105 cm³/mol. The van der Waals surface area contributed by atoms with Gasteiger partial charge in [0.25, 0.3) is 5.56 Å². The van der Waals surface area contributed by atoms with Gasteiger partial charge in [0.1, 0.15) is 0 Å². The first-order valence-electron chi connectivity index (χ1n) is 9.43. The highest BCUT2D eigenvalue weighted by molar-refractivity contribution is 7.89. The average molecular weight is 390 g/mol. The van der Waals surface area contributed by atoms with Crippen LogP contribution in [0, 0.1) is 18.8 Å². The summed E-state index contributed by atoms with van der Waals surface area (Å²) in [7, 11) is -3.55. The lowest BCUT2D eigenvalue weighted by Crippen LogP contribution is -2.43. The van der Waals surface area contributed by atoms with Crippen LogP contribution in [0.5, 0.6) is 0 Å². The number of nitrogens with one attached hydrogen (secondary N) is 2. The van der Waals surface area contributed by atoms with Crippen LogP contribution in [0.25, 0.3) is 0 Å².